The molecule has 0 aliphatic carbocycles. The fourth-order valence-corrected chi connectivity index (χ4v) is 2.88. The molecule has 0 bridgehead atoms. The van der Waals surface area contributed by atoms with E-state index in [2.05, 4.69) is 0 Å². The molecule has 1 aliphatic heterocycles. The Kier molecular flexibility index (Phi) is 3.88. The molecule has 124 valence electrons. The van der Waals surface area contributed by atoms with E-state index in [9.17, 15) is 17.6 Å². The van der Waals surface area contributed by atoms with Crippen LogP contribution < -0.4 is 8.92 Å². The van der Waals surface area contributed by atoms with E-state index in [0.717, 1.165) is 6.26 Å². The molecule has 0 amide bonds. The van der Waals surface area contributed by atoms with Crippen LogP contribution in [0.2, 0.25) is 0 Å². The lowest BCUT2D eigenvalue weighted by Crippen LogP contribution is -2.06. The van der Waals surface area contributed by atoms with Crippen molar-refractivity contribution in [3.8, 4) is 11.5 Å². The van der Waals surface area contributed by atoms with Gasteiger partial charge in [-0.1, -0.05) is 18.2 Å². The lowest BCUT2D eigenvalue weighted by atomic mass is 10.0. The van der Waals surface area contributed by atoms with Gasteiger partial charge in [0.2, 0.25) is 5.78 Å². The van der Waals surface area contributed by atoms with Crippen LogP contribution in [0.4, 0.5) is 4.39 Å². The molecular weight excluding hydrogens is 335 g/mol. The number of ether oxygens (including phenoxy) is 1. The number of carbonyl (C=O) groups is 1. The molecule has 0 unspecified atom stereocenters. The molecule has 0 saturated carbocycles. The fourth-order valence-electron chi connectivity index (χ4n) is 2.43. The number of Topliss-reactive ketones (excluding diaryl/α,β-unsaturated/α-hetero) is 1. The van der Waals surface area contributed by atoms with Gasteiger partial charge in [0.05, 0.1) is 11.8 Å². The number of aryl methyl sites for hydroxylation is 1. The van der Waals surface area contributed by atoms with Gasteiger partial charge < -0.3 is 8.92 Å². The van der Waals surface area contributed by atoms with E-state index >= 15 is 0 Å². The number of ketones is 1. The molecule has 0 atom stereocenters. The molecule has 0 spiro atoms. The van der Waals surface area contributed by atoms with E-state index in [-0.39, 0.29) is 22.8 Å². The van der Waals surface area contributed by atoms with Crippen LogP contribution in [0.15, 0.2) is 42.2 Å². The van der Waals surface area contributed by atoms with Crippen LogP contribution in [0.1, 0.15) is 21.5 Å². The first-order chi connectivity index (χ1) is 11.2. The van der Waals surface area contributed by atoms with Gasteiger partial charge in [0.15, 0.2) is 5.76 Å². The van der Waals surface area contributed by atoms with Crippen molar-refractivity contribution >= 4 is 22.0 Å². The van der Waals surface area contributed by atoms with Crippen LogP contribution >= 0.6 is 0 Å². The highest BCUT2D eigenvalue weighted by atomic mass is 32.2. The van der Waals surface area contributed by atoms with Crippen LogP contribution in [-0.4, -0.2) is 20.5 Å². The van der Waals surface area contributed by atoms with Crippen molar-refractivity contribution in [2.75, 3.05) is 6.26 Å². The molecule has 2 aromatic rings. The third kappa shape index (κ3) is 3.16. The Morgan fingerprint density at radius 1 is 1.21 bits per heavy atom. The zero-order valence-corrected chi connectivity index (χ0v) is 13.7. The molecule has 0 aromatic heterocycles. The summed E-state index contributed by atoms with van der Waals surface area (Å²) in [5, 5.41) is 0. The van der Waals surface area contributed by atoms with Gasteiger partial charge in [-0.3, -0.25) is 4.79 Å². The lowest BCUT2D eigenvalue weighted by molar-refractivity contribution is 0.101. The molecule has 5 nitrogen and oxygen atoms in total. The number of rotatable bonds is 3. The number of carbonyl (C=O) groups excluding carboxylic acids is 1. The molecule has 0 N–H and O–H groups in total. The van der Waals surface area contributed by atoms with E-state index < -0.39 is 21.7 Å². The Morgan fingerprint density at radius 2 is 1.92 bits per heavy atom. The zero-order chi connectivity index (χ0) is 17.5. The van der Waals surface area contributed by atoms with Crippen LogP contribution in [0.25, 0.3) is 6.08 Å². The Hall–Kier alpha value is -2.67. The fraction of sp³-hybridized carbons (Fsp3) is 0.118. The van der Waals surface area contributed by atoms with Crippen LogP contribution in [0.3, 0.4) is 0 Å². The minimum Gasteiger partial charge on any atom is -0.452 e. The van der Waals surface area contributed by atoms with Gasteiger partial charge in [-0.15, -0.1) is 0 Å². The Balaban J connectivity index is 2.01. The summed E-state index contributed by atoms with van der Waals surface area (Å²) in [7, 11) is -3.70. The summed E-state index contributed by atoms with van der Waals surface area (Å²) in [6, 6.07) is 8.75. The average molecular weight is 348 g/mol. The maximum absolute atomic E-state index is 13.7. The van der Waals surface area contributed by atoms with Gasteiger partial charge >= 0.3 is 10.1 Å². The van der Waals surface area contributed by atoms with Crippen molar-refractivity contribution in [2.45, 2.75) is 6.92 Å². The molecule has 1 heterocycles. The molecule has 1 aliphatic rings. The van der Waals surface area contributed by atoms with Gasteiger partial charge in [-0.05, 0) is 30.7 Å². The highest BCUT2D eigenvalue weighted by Crippen LogP contribution is 2.37. The summed E-state index contributed by atoms with van der Waals surface area (Å²) < 4.78 is 46.5. The molecule has 7 heteroatoms. The summed E-state index contributed by atoms with van der Waals surface area (Å²) >= 11 is 0. The summed E-state index contributed by atoms with van der Waals surface area (Å²) in [5.41, 5.74) is 1.03. The van der Waals surface area contributed by atoms with Crippen molar-refractivity contribution in [1.82, 2.24) is 0 Å². The van der Waals surface area contributed by atoms with Gasteiger partial charge in [0.1, 0.15) is 17.3 Å². The molecule has 2 aromatic carbocycles. The second-order valence-electron chi connectivity index (χ2n) is 5.36. The molecular formula is C17H13FO5S. The highest BCUT2D eigenvalue weighted by Gasteiger charge is 2.30. The molecule has 0 radical (unpaired) electrons. The van der Waals surface area contributed by atoms with Gasteiger partial charge in [-0.2, -0.15) is 8.42 Å². The second-order valence-corrected chi connectivity index (χ2v) is 6.94. The summed E-state index contributed by atoms with van der Waals surface area (Å²) in [6.45, 7) is 1.64. The molecule has 24 heavy (non-hydrogen) atoms. The first-order valence-electron chi connectivity index (χ1n) is 6.97. The Morgan fingerprint density at radius 3 is 2.58 bits per heavy atom. The lowest BCUT2D eigenvalue weighted by Gasteiger charge is -2.06. The summed E-state index contributed by atoms with van der Waals surface area (Å²) in [6.07, 6.45) is 2.24. The van der Waals surface area contributed by atoms with Crippen LogP contribution in [0, 0.1) is 12.7 Å². The number of halogens is 1. The number of allylic oxidation sites excluding steroid dienone is 1. The summed E-state index contributed by atoms with van der Waals surface area (Å²) in [5.74, 6) is -0.670. The minimum absolute atomic E-state index is 0.0327. The third-order valence-corrected chi connectivity index (χ3v) is 3.88. The maximum Gasteiger partial charge on any atom is 0.306 e. The van der Waals surface area contributed by atoms with Crippen LogP contribution in [0.5, 0.6) is 11.5 Å². The number of benzene rings is 2. The topological polar surface area (TPSA) is 69.7 Å². The molecule has 0 fully saturated rings. The predicted octanol–water partition coefficient (Wildman–Crippen LogP) is 3.09. The van der Waals surface area contributed by atoms with Gasteiger partial charge in [-0.25, -0.2) is 4.39 Å². The average Bonchev–Trinajstić information content (AvgIpc) is 2.76. The van der Waals surface area contributed by atoms with E-state index in [1.165, 1.54) is 30.3 Å². The van der Waals surface area contributed by atoms with Crippen molar-refractivity contribution < 1.29 is 26.5 Å². The largest absolute Gasteiger partial charge is 0.452 e. The van der Waals surface area contributed by atoms with Gasteiger partial charge in [0.25, 0.3) is 0 Å². The Labute approximate surface area is 138 Å². The quantitative estimate of drug-likeness (QED) is 0.630. The number of fused-ring (bicyclic) bond motifs is 1. The van der Waals surface area contributed by atoms with Crippen molar-refractivity contribution in [3.05, 3.63) is 64.7 Å². The van der Waals surface area contributed by atoms with Crippen molar-refractivity contribution in [1.29, 1.82) is 0 Å². The first-order valence-corrected chi connectivity index (χ1v) is 8.79. The van der Waals surface area contributed by atoms with Gasteiger partial charge in [0, 0.05) is 11.6 Å². The number of hydrogen-bond donors (Lipinski definition) is 0. The molecule has 3 rings (SSSR count). The smallest absolute Gasteiger partial charge is 0.306 e. The van der Waals surface area contributed by atoms with E-state index in [0.29, 0.717) is 11.1 Å². The predicted molar refractivity (Wildman–Crippen MR) is 86.0 cm³/mol. The SMILES string of the molecule is Cc1cc(OS(C)(=O)=O)cc2c1C(=O)/C(=C/c1ccccc1F)O2. The monoisotopic (exact) mass is 348 g/mol. The zero-order valence-electron chi connectivity index (χ0n) is 12.9. The van der Waals surface area contributed by atoms with E-state index in [1.54, 1.807) is 19.1 Å². The normalized spacial score (nSPS) is 15.3. The minimum atomic E-state index is -3.70. The second kappa shape index (κ2) is 5.76. The number of hydrogen-bond acceptors (Lipinski definition) is 5. The first kappa shape index (κ1) is 16.2. The summed E-state index contributed by atoms with van der Waals surface area (Å²) in [4.78, 5) is 12.5. The maximum atomic E-state index is 13.7. The van der Waals surface area contributed by atoms with Crippen molar-refractivity contribution in [3.63, 3.8) is 0 Å². The third-order valence-electron chi connectivity index (χ3n) is 3.38. The van der Waals surface area contributed by atoms with E-state index in [1.807, 2.05) is 0 Å². The van der Waals surface area contributed by atoms with Crippen LogP contribution in [-0.2, 0) is 10.1 Å². The van der Waals surface area contributed by atoms with E-state index in [4.69, 9.17) is 8.92 Å². The standard InChI is InChI=1S/C17H13FO5S/c1-10-7-12(23-24(2,20)21)9-14-16(10)17(19)15(22-14)8-11-5-3-4-6-13(11)18/h3-9H,1-2H3/b15-8-. The highest BCUT2D eigenvalue weighted by molar-refractivity contribution is 7.86. The Bertz CT molecular complexity index is 976. The molecule has 0 saturated heterocycles. The van der Waals surface area contributed by atoms with Crippen molar-refractivity contribution in [2.24, 2.45) is 0 Å².